The number of amides is 1. The molecular weight excluding hydrogens is 226 g/mol. The van der Waals surface area contributed by atoms with Crippen LogP contribution in [-0.4, -0.2) is 43.5 Å². The van der Waals surface area contributed by atoms with E-state index < -0.39 is 0 Å². The van der Waals surface area contributed by atoms with Gasteiger partial charge in [0.05, 0.1) is 6.54 Å². The van der Waals surface area contributed by atoms with Gasteiger partial charge in [-0.3, -0.25) is 9.69 Å². The first-order valence-corrected chi connectivity index (χ1v) is 6.52. The molecular formula is C14H21N3O. The molecule has 0 saturated carbocycles. The van der Waals surface area contributed by atoms with E-state index in [-0.39, 0.29) is 5.91 Å². The number of likely N-dealkylation sites (tertiary alicyclic amines) is 1. The van der Waals surface area contributed by atoms with Crippen molar-refractivity contribution in [2.75, 3.05) is 32.0 Å². The number of nitrogens with zero attached hydrogens (tertiary/aromatic N) is 1. The molecule has 1 aliphatic heterocycles. The lowest BCUT2D eigenvalue weighted by Gasteiger charge is -2.31. The molecule has 1 aliphatic rings. The summed E-state index contributed by atoms with van der Waals surface area (Å²) in [6.07, 6.45) is 2.24. The van der Waals surface area contributed by atoms with Gasteiger partial charge in [-0.25, -0.2) is 0 Å². The molecule has 1 fully saturated rings. The largest absolute Gasteiger partial charge is 0.325 e. The summed E-state index contributed by atoms with van der Waals surface area (Å²) in [6.45, 7) is 2.48. The second-order valence-corrected chi connectivity index (χ2v) is 4.75. The summed E-state index contributed by atoms with van der Waals surface area (Å²) in [4.78, 5) is 14.1. The zero-order valence-electron chi connectivity index (χ0n) is 10.9. The molecule has 2 rings (SSSR count). The Morgan fingerprint density at radius 1 is 1.28 bits per heavy atom. The quantitative estimate of drug-likeness (QED) is 0.843. The number of nitrogens with one attached hydrogen (secondary N) is 2. The Morgan fingerprint density at radius 2 is 1.94 bits per heavy atom. The number of para-hydroxylation sites is 1. The predicted molar refractivity (Wildman–Crippen MR) is 73.6 cm³/mol. The minimum Gasteiger partial charge on any atom is -0.325 e. The van der Waals surface area contributed by atoms with Crippen LogP contribution in [0.25, 0.3) is 0 Å². The van der Waals surface area contributed by atoms with Crippen molar-refractivity contribution in [2.45, 2.75) is 18.9 Å². The Balaban J connectivity index is 1.75. The standard InChI is InChI=1S/C14H21N3O/c1-15-12-7-9-17(10-8-12)11-14(18)16-13-5-3-2-4-6-13/h2-6,12,15H,7-11H2,1H3,(H,16,18). The monoisotopic (exact) mass is 247 g/mol. The molecule has 4 heteroatoms. The summed E-state index contributed by atoms with van der Waals surface area (Å²) in [5, 5.41) is 6.21. The van der Waals surface area contributed by atoms with Crippen molar-refractivity contribution in [3.63, 3.8) is 0 Å². The third-order valence-corrected chi connectivity index (χ3v) is 3.42. The molecule has 0 bridgehead atoms. The molecule has 1 amide bonds. The van der Waals surface area contributed by atoms with Crippen LogP contribution in [0.2, 0.25) is 0 Å². The van der Waals surface area contributed by atoms with E-state index in [0.29, 0.717) is 12.6 Å². The van der Waals surface area contributed by atoms with Gasteiger partial charge in [-0.1, -0.05) is 18.2 Å². The number of anilines is 1. The Labute approximate surface area is 108 Å². The van der Waals surface area contributed by atoms with E-state index in [9.17, 15) is 4.79 Å². The normalized spacial score (nSPS) is 17.6. The number of carbonyl (C=O) groups is 1. The summed E-state index contributed by atoms with van der Waals surface area (Å²) in [5.74, 6) is 0.0732. The third-order valence-electron chi connectivity index (χ3n) is 3.42. The van der Waals surface area contributed by atoms with Gasteiger partial charge in [0.15, 0.2) is 0 Å². The van der Waals surface area contributed by atoms with Gasteiger partial charge in [0.2, 0.25) is 5.91 Å². The first kappa shape index (κ1) is 13.1. The molecule has 0 unspecified atom stereocenters. The molecule has 1 aromatic carbocycles. The van der Waals surface area contributed by atoms with Crippen molar-refractivity contribution in [2.24, 2.45) is 0 Å². The lowest BCUT2D eigenvalue weighted by atomic mass is 10.1. The van der Waals surface area contributed by atoms with Gasteiger partial charge in [-0.2, -0.15) is 0 Å². The highest BCUT2D eigenvalue weighted by molar-refractivity contribution is 5.92. The van der Waals surface area contributed by atoms with Gasteiger partial charge >= 0.3 is 0 Å². The van der Waals surface area contributed by atoms with Crippen LogP contribution in [0.4, 0.5) is 5.69 Å². The summed E-state index contributed by atoms with van der Waals surface area (Å²) < 4.78 is 0. The van der Waals surface area contributed by atoms with Crippen LogP contribution in [0.1, 0.15) is 12.8 Å². The summed E-state index contributed by atoms with van der Waals surface area (Å²) in [6, 6.07) is 10.2. The van der Waals surface area contributed by atoms with Gasteiger partial charge in [-0.15, -0.1) is 0 Å². The van der Waals surface area contributed by atoms with E-state index in [2.05, 4.69) is 15.5 Å². The van der Waals surface area contributed by atoms with Crippen LogP contribution in [0.5, 0.6) is 0 Å². The molecule has 18 heavy (non-hydrogen) atoms. The van der Waals surface area contributed by atoms with Crippen LogP contribution < -0.4 is 10.6 Å². The van der Waals surface area contributed by atoms with Crippen molar-refractivity contribution >= 4 is 11.6 Å². The van der Waals surface area contributed by atoms with Crippen molar-refractivity contribution in [1.29, 1.82) is 0 Å². The number of carbonyl (C=O) groups excluding carboxylic acids is 1. The number of hydrogen-bond donors (Lipinski definition) is 2. The maximum Gasteiger partial charge on any atom is 0.238 e. The number of rotatable bonds is 4. The molecule has 4 nitrogen and oxygen atoms in total. The molecule has 1 saturated heterocycles. The number of benzene rings is 1. The molecule has 2 N–H and O–H groups in total. The van der Waals surface area contributed by atoms with Crippen LogP contribution in [0.3, 0.4) is 0 Å². The van der Waals surface area contributed by atoms with Gasteiger partial charge in [0.1, 0.15) is 0 Å². The number of hydrogen-bond acceptors (Lipinski definition) is 3. The van der Waals surface area contributed by atoms with E-state index in [1.54, 1.807) is 0 Å². The molecule has 98 valence electrons. The second-order valence-electron chi connectivity index (χ2n) is 4.75. The highest BCUT2D eigenvalue weighted by Crippen LogP contribution is 2.10. The summed E-state index contributed by atoms with van der Waals surface area (Å²) in [7, 11) is 2.00. The first-order valence-electron chi connectivity index (χ1n) is 6.52. The molecule has 0 aromatic heterocycles. The predicted octanol–water partition coefficient (Wildman–Crippen LogP) is 1.31. The van der Waals surface area contributed by atoms with Gasteiger partial charge in [-0.05, 0) is 32.0 Å². The zero-order chi connectivity index (χ0) is 12.8. The second kappa shape index (κ2) is 6.52. The fraction of sp³-hybridized carbons (Fsp3) is 0.500. The molecule has 1 aromatic rings. The van der Waals surface area contributed by atoms with Gasteiger partial charge < -0.3 is 10.6 Å². The highest BCUT2D eigenvalue weighted by Gasteiger charge is 2.19. The zero-order valence-corrected chi connectivity index (χ0v) is 10.9. The van der Waals surface area contributed by atoms with Crippen LogP contribution >= 0.6 is 0 Å². The van der Waals surface area contributed by atoms with Crippen LogP contribution in [0.15, 0.2) is 30.3 Å². The van der Waals surface area contributed by atoms with Crippen molar-refractivity contribution in [3.05, 3.63) is 30.3 Å². The van der Waals surface area contributed by atoms with Gasteiger partial charge in [0.25, 0.3) is 0 Å². The molecule has 0 atom stereocenters. The minimum absolute atomic E-state index is 0.0732. The molecule has 0 spiro atoms. The van der Waals surface area contributed by atoms with E-state index in [4.69, 9.17) is 0 Å². The average molecular weight is 247 g/mol. The lowest BCUT2D eigenvalue weighted by molar-refractivity contribution is -0.117. The summed E-state index contributed by atoms with van der Waals surface area (Å²) >= 11 is 0. The minimum atomic E-state index is 0.0732. The SMILES string of the molecule is CNC1CCN(CC(=O)Nc2ccccc2)CC1. The van der Waals surface area contributed by atoms with Crippen LogP contribution in [0, 0.1) is 0 Å². The van der Waals surface area contributed by atoms with E-state index in [0.717, 1.165) is 31.6 Å². The topological polar surface area (TPSA) is 44.4 Å². The Morgan fingerprint density at radius 3 is 2.56 bits per heavy atom. The fourth-order valence-electron chi connectivity index (χ4n) is 2.30. The van der Waals surface area contributed by atoms with Crippen molar-refractivity contribution in [1.82, 2.24) is 10.2 Å². The smallest absolute Gasteiger partial charge is 0.238 e. The van der Waals surface area contributed by atoms with E-state index in [1.165, 1.54) is 0 Å². The first-order chi connectivity index (χ1) is 8.78. The van der Waals surface area contributed by atoms with Crippen LogP contribution in [-0.2, 0) is 4.79 Å². The Hall–Kier alpha value is -1.39. The Kier molecular flexibility index (Phi) is 4.73. The summed E-state index contributed by atoms with van der Waals surface area (Å²) in [5.41, 5.74) is 0.868. The molecule has 1 heterocycles. The van der Waals surface area contributed by atoms with E-state index in [1.807, 2.05) is 37.4 Å². The molecule has 0 aliphatic carbocycles. The maximum absolute atomic E-state index is 11.9. The maximum atomic E-state index is 11.9. The fourth-order valence-corrected chi connectivity index (χ4v) is 2.30. The lowest BCUT2D eigenvalue weighted by Crippen LogP contribution is -2.44. The number of piperidine rings is 1. The van der Waals surface area contributed by atoms with E-state index >= 15 is 0 Å². The third kappa shape index (κ3) is 3.82. The molecule has 0 radical (unpaired) electrons. The van der Waals surface area contributed by atoms with Crippen molar-refractivity contribution in [3.8, 4) is 0 Å². The Bertz CT molecular complexity index is 372. The highest BCUT2D eigenvalue weighted by atomic mass is 16.2. The average Bonchev–Trinajstić information content (AvgIpc) is 2.40. The van der Waals surface area contributed by atoms with Gasteiger partial charge in [0, 0.05) is 24.8 Å². The van der Waals surface area contributed by atoms with Crippen molar-refractivity contribution < 1.29 is 4.79 Å².